The molecule has 1 N–H and O–H groups in total. The third-order valence-corrected chi connectivity index (χ3v) is 2.81. The summed E-state index contributed by atoms with van der Waals surface area (Å²) in [6.07, 6.45) is 1.71. The highest BCUT2D eigenvalue weighted by atomic mass is 79.9. The Morgan fingerprint density at radius 3 is 2.89 bits per heavy atom. The van der Waals surface area contributed by atoms with Crippen molar-refractivity contribution in [2.45, 2.75) is 0 Å². The number of anilines is 1. The van der Waals surface area contributed by atoms with Crippen molar-refractivity contribution in [3.8, 4) is 5.88 Å². The number of methoxy groups -OCH3 is 1. The summed E-state index contributed by atoms with van der Waals surface area (Å²) in [6, 6.07) is 1.88. The lowest BCUT2D eigenvalue weighted by molar-refractivity contribution is 0.143. The van der Waals surface area contributed by atoms with Gasteiger partial charge in [0.15, 0.2) is 5.65 Å². The summed E-state index contributed by atoms with van der Waals surface area (Å²) in [4.78, 5) is 12.7. The number of fused-ring (bicyclic) bond motifs is 1. The maximum atomic E-state index is 5.49. The smallest absolute Gasteiger partial charge is 0.230 e. The Labute approximate surface area is 113 Å². The van der Waals surface area contributed by atoms with E-state index in [9.17, 15) is 0 Å². The van der Waals surface area contributed by atoms with E-state index in [0.29, 0.717) is 30.7 Å². The van der Waals surface area contributed by atoms with Gasteiger partial charge in [-0.3, -0.25) is 0 Å². The Hall–Kier alpha value is -1.47. The largest absolute Gasteiger partial charge is 0.474 e. The Morgan fingerprint density at radius 2 is 2.17 bits per heavy atom. The molecule has 0 aliphatic rings. The normalized spacial score (nSPS) is 10.6. The van der Waals surface area contributed by atoms with E-state index in [2.05, 4.69) is 36.2 Å². The van der Waals surface area contributed by atoms with Gasteiger partial charge in [0.05, 0.1) is 11.1 Å². The van der Waals surface area contributed by atoms with Gasteiger partial charge < -0.3 is 14.8 Å². The van der Waals surface area contributed by atoms with Crippen molar-refractivity contribution in [3.63, 3.8) is 0 Å². The second kappa shape index (κ2) is 5.92. The second-order valence-corrected chi connectivity index (χ2v) is 4.33. The quantitative estimate of drug-likeness (QED) is 0.850. The van der Waals surface area contributed by atoms with Crippen LogP contribution < -0.4 is 10.1 Å². The van der Waals surface area contributed by atoms with Crippen LogP contribution in [0.5, 0.6) is 5.88 Å². The number of pyridine rings is 1. The number of hydrogen-bond acceptors (Lipinski definition) is 6. The Bertz CT molecular complexity index is 550. The average molecular weight is 313 g/mol. The first-order valence-corrected chi connectivity index (χ1v) is 6.16. The summed E-state index contributed by atoms with van der Waals surface area (Å²) in [7, 11) is 3.38. The number of hydrogen-bond donors (Lipinski definition) is 1. The number of nitrogens with zero attached hydrogens (tertiary/aromatic N) is 3. The van der Waals surface area contributed by atoms with E-state index in [0.717, 1.165) is 9.86 Å². The fourth-order valence-electron chi connectivity index (χ4n) is 1.36. The van der Waals surface area contributed by atoms with Crippen LogP contribution in [0.15, 0.2) is 16.7 Å². The van der Waals surface area contributed by atoms with E-state index >= 15 is 0 Å². The minimum atomic E-state index is 0.442. The van der Waals surface area contributed by atoms with Gasteiger partial charge in [0.2, 0.25) is 11.8 Å². The first-order chi connectivity index (χ1) is 8.74. The van der Waals surface area contributed by atoms with Crippen molar-refractivity contribution in [1.82, 2.24) is 15.0 Å². The summed E-state index contributed by atoms with van der Waals surface area (Å²) < 4.78 is 11.2. The fraction of sp³-hybridized carbons (Fsp3) is 0.364. The molecule has 2 aromatic rings. The molecule has 96 valence electrons. The van der Waals surface area contributed by atoms with Crippen LogP contribution in [-0.2, 0) is 4.74 Å². The van der Waals surface area contributed by atoms with Crippen molar-refractivity contribution in [3.05, 3.63) is 16.7 Å². The zero-order valence-corrected chi connectivity index (χ0v) is 11.7. The zero-order valence-electron chi connectivity index (χ0n) is 10.1. The molecule has 0 spiro atoms. The number of ether oxygens (including phenoxy) is 2. The van der Waals surface area contributed by atoms with Gasteiger partial charge in [-0.1, -0.05) is 0 Å². The number of aromatic nitrogens is 3. The monoisotopic (exact) mass is 312 g/mol. The highest BCUT2D eigenvalue weighted by Gasteiger charge is 2.08. The molecule has 18 heavy (non-hydrogen) atoms. The van der Waals surface area contributed by atoms with Crippen LogP contribution in [0.2, 0.25) is 0 Å². The molecule has 6 nitrogen and oxygen atoms in total. The molecule has 0 fully saturated rings. The van der Waals surface area contributed by atoms with Crippen LogP contribution in [0.4, 0.5) is 5.95 Å². The van der Waals surface area contributed by atoms with Gasteiger partial charge in [0, 0.05) is 25.7 Å². The SMILES string of the molecule is CNc1ncc2cc(Br)c(OCCOC)nc2n1. The molecule has 2 heterocycles. The third-order valence-electron chi connectivity index (χ3n) is 2.24. The summed E-state index contributed by atoms with van der Waals surface area (Å²) >= 11 is 3.41. The van der Waals surface area contributed by atoms with E-state index < -0.39 is 0 Å². The van der Waals surface area contributed by atoms with Crippen LogP contribution in [-0.4, -0.2) is 42.3 Å². The third kappa shape index (κ3) is 2.85. The topological polar surface area (TPSA) is 69.2 Å². The van der Waals surface area contributed by atoms with Crippen LogP contribution in [0.3, 0.4) is 0 Å². The zero-order chi connectivity index (χ0) is 13.0. The van der Waals surface area contributed by atoms with Crippen molar-refractivity contribution in [2.75, 3.05) is 32.7 Å². The molecule has 0 saturated carbocycles. The van der Waals surface area contributed by atoms with E-state index in [1.54, 1.807) is 20.4 Å². The Balaban J connectivity index is 2.32. The summed E-state index contributed by atoms with van der Waals surface area (Å²) in [5.74, 6) is 1.03. The molecule has 2 rings (SSSR count). The minimum absolute atomic E-state index is 0.442. The highest BCUT2D eigenvalue weighted by Crippen LogP contribution is 2.26. The molecule has 0 amide bonds. The van der Waals surface area contributed by atoms with Gasteiger partial charge in [-0.15, -0.1) is 0 Å². The van der Waals surface area contributed by atoms with Crippen molar-refractivity contribution >= 4 is 32.9 Å². The predicted octanol–water partition coefficient (Wildman–Crippen LogP) is 1.85. The maximum Gasteiger partial charge on any atom is 0.230 e. The molecular formula is C11H13BrN4O2. The van der Waals surface area contributed by atoms with Crippen LogP contribution in [0.25, 0.3) is 11.0 Å². The predicted molar refractivity (Wildman–Crippen MR) is 72.0 cm³/mol. The lowest BCUT2D eigenvalue weighted by Crippen LogP contribution is -2.06. The molecule has 0 aromatic carbocycles. The lowest BCUT2D eigenvalue weighted by Gasteiger charge is -2.08. The van der Waals surface area contributed by atoms with Crippen LogP contribution in [0, 0.1) is 0 Å². The molecule has 0 aliphatic carbocycles. The summed E-state index contributed by atoms with van der Waals surface area (Å²) in [5, 5.41) is 3.72. The number of nitrogens with one attached hydrogen (secondary N) is 1. The first-order valence-electron chi connectivity index (χ1n) is 5.37. The van der Waals surface area contributed by atoms with Gasteiger partial charge in [-0.25, -0.2) is 4.98 Å². The van der Waals surface area contributed by atoms with Gasteiger partial charge >= 0.3 is 0 Å². The fourth-order valence-corrected chi connectivity index (χ4v) is 1.81. The van der Waals surface area contributed by atoms with E-state index in [1.807, 2.05) is 6.07 Å². The molecule has 2 aromatic heterocycles. The molecule has 0 aliphatic heterocycles. The average Bonchev–Trinajstić information content (AvgIpc) is 2.39. The van der Waals surface area contributed by atoms with E-state index in [4.69, 9.17) is 9.47 Å². The van der Waals surface area contributed by atoms with Crippen LogP contribution >= 0.6 is 15.9 Å². The lowest BCUT2D eigenvalue weighted by atomic mass is 10.3. The highest BCUT2D eigenvalue weighted by molar-refractivity contribution is 9.10. The van der Waals surface area contributed by atoms with Crippen LogP contribution in [0.1, 0.15) is 0 Å². The maximum absolute atomic E-state index is 5.49. The standard InChI is InChI=1S/C11H13BrN4O2/c1-13-11-14-6-7-5-8(12)10(15-9(7)16-11)18-4-3-17-2/h5-6H,3-4H2,1-2H3,(H,13,14,15,16). The molecular weight excluding hydrogens is 300 g/mol. The van der Waals surface area contributed by atoms with E-state index in [-0.39, 0.29) is 0 Å². The minimum Gasteiger partial charge on any atom is -0.474 e. The van der Waals surface area contributed by atoms with Gasteiger partial charge in [-0.05, 0) is 22.0 Å². The van der Waals surface area contributed by atoms with Crippen molar-refractivity contribution in [2.24, 2.45) is 0 Å². The number of halogens is 1. The molecule has 0 bridgehead atoms. The Kier molecular flexibility index (Phi) is 4.27. The van der Waals surface area contributed by atoms with Crippen molar-refractivity contribution < 1.29 is 9.47 Å². The summed E-state index contributed by atoms with van der Waals surface area (Å²) in [5.41, 5.74) is 0.588. The van der Waals surface area contributed by atoms with Gasteiger partial charge in [0.25, 0.3) is 0 Å². The Morgan fingerprint density at radius 1 is 1.33 bits per heavy atom. The van der Waals surface area contributed by atoms with E-state index in [1.165, 1.54) is 0 Å². The molecule has 7 heteroatoms. The second-order valence-electron chi connectivity index (χ2n) is 3.47. The molecule has 0 atom stereocenters. The van der Waals surface area contributed by atoms with Gasteiger partial charge in [0.1, 0.15) is 6.61 Å². The number of rotatable bonds is 5. The molecule has 0 saturated heterocycles. The van der Waals surface area contributed by atoms with Gasteiger partial charge in [-0.2, -0.15) is 9.97 Å². The first kappa shape index (κ1) is 13.0. The van der Waals surface area contributed by atoms with Crippen molar-refractivity contribution in [1.29, 1.82) is 0 Å². The molecule has 0 radical (unpaired) electrons. The molecule has 0 unspecified atom stereocenters. The summed E-state index contributed by atoms with van der Waals surface area (Å²) in [6.45, 7) is 0.954.